The Bertz CT molecular complexity index is 399. The third-order valence-electron chi connectivity index (χ3n) is 3.28. The van der Waals surface area contributed by atoms with Crippen molar-refractivity contribution < 1.29 is 4.79 Å². The van der Waals surface area contributed by atoms with E-state index >= 15 is 0 Å². The Morgan fingerprint density at radius 2 is 2.20 bits per heavy atom. The highest BCUT2D eigenvalue weighted by Crippen LogP contribution is 2.32. The number of piperidine rings is 3. The molecule has 0 aliphatic carbocycles. The third kappa shape index (κ3) is 1.51. The zero-order valence-electron chi connectivity index (χ0n) is 8.48. The van der Waals surface area contributed by atoms with Crippen LogP contribution >= 0.6 is 11.3 Å². The summed E-state index contributed by atoms with van der Waals surface area (Å²) >= 11 is 1.69. The zero-order valence-corrected chi connectivity index (χ0v) is 9.30. The number of hydrogen-bond donors (Lipinski definition) is 0. The Morgan fingerprint density at radius 1 is 1.40 bits per heavy atom. The van der Waals surface area contributed by atoms with Crippen LogP contribution in [0.5, 0.6) is 0 Å². The zero-order chi connectivity index (χ0) is 10.3. The van der Waals surface area contributed by atoms with Crippen molar-refractivity contribution in [3.63, 3.8) is 0 Å². The molecule has 0 spiro atoms. The molecule has 1 aromatic heterocycles. The molecule has 4 heterocycles. The number of thiophene rings is 1. The predicted octanol–water partition coefficient (Wildman–Crippen LogP) is 2.38. The van der Waals surface area contributed by atoms with Gasteiger partial charge in [0.1, 0.15) is 0 Å². The standard InChI is InChI=1S/C12H13NOS/c14-12-9-3-5-13(6-4-9)11(12)8-10-2-1-7-15-10/h1-2,7-9H,3-6H2. The number of carbonyl (C=O) groups excluding carboxylic acids is 1. The van der Waals surface area contributed by atoms with Crippen LogP contribution in [0.2, 0.25) is 0 Å². The maximum atomic E-state index is 12.0. The van der Waals surface area contributed by atoms with E-state index in [0.717, 1.165) is 31.6 Å². The first-order chi connectivity index (χ1) is 7.34. The SMILES string of the molecule is O=C1C(=Cc2cccs2)N2CCC1CC2. The normalized spacial score (nSPS) is 24.1. The van der Waals surface area contributed by atoms with Crippen LogP contribution in [0, 0.1) is 5.92 Å². The second-order valence-corrected chi connectivity index (χ2v) is 5.15. The van der Waals surface area contributed by atoms with Crippen molar-refractivity contribution >= 4 is 23.2 Å². The van der Waals surface area contributed by atoms with Gasteiger partial charge in [-0.25, -0.2) is 0 Å². The van der Waals surface area contributed by atoms with Crippen LogP contribution < -0.4 is 0 Å². The first kappa shape index (κ1) is 9.16. The summed E-state index contributed by atoms with van der Waals surface area (Å²) in [6.07, 6.45) is 4.17. The number of carbonyl (C=O) groups is 1. The molecule has 2 bridgehead atoms. The fraction of sp³-hybridized carbons (Fsp3) is 0.417. The maximum absolute atomic E-state index is 12.0. The second kappa shape index (κ2) is 3.49. The molecule has 3 fully saturated rings. The number of rotatable bonds is 1. The molecule has 0 radical (unpaired) electrons. The van der Waals surface area contributed by atoms with Crippen LogP contribution in [-0.2, 0) is 4.79 Å². The summed E-state index contributed by atoms with van der Waals surface area (Å²) < 4.78 is 0. The van der Waals surface area contributed by atoms with Gasteiger partial charge >= 0.3 is 0 Å². The molecule has 0 saturated carbocycles. The summed E-state index contributed by atoms with van der Waals surface area (Å²) in [6, 6.07) is 4.09. The highest BCUT2D eigenvalue weighted by atomic mass is 32.1. The minimum atomic E-state index is 0.307. The lowest BCUT2D eigenvalue weighted by molar-refractivity contribution is -0.125. The number of allylic oxidation sites excluding steroid dienone is 1. The molecule has 2 nitrogen and oxygen atoms in total. The molecule has 0 N–H and O–H groups in total. The number of Topliss-reactive ketones (excluding diaryl/α,β-unsaturated/α-hetero) is 1. The highest BCUT2D eigenvalue weighted by Gasteiger charge is 2.36. The fourth-order valence-electron chi connectivity index (χ4n) is 2.42. The van der Waals surface area contributed by atoms with Crippen molar-refractivity contribution in [3.05, 3.63) is 28.1 Å². The molecule has 3 saturated heterocycles. The summed E-state index contributed by atoms with van der Waals surface area (Å²) in [5, 5.41) is 2.05. The molecular weight excluding hydrogens is 206 g/mol. The molecular formula is C12H13NOS. The minimum Gasteiger partial charge on any atom is -0.369 e. The lowest BCUT2D eigenvalue weighted by atomic mass is 9.84. The maximum Gasteiger partial charge on any atom is 0.182 e. The van der Waals surface area contributed by atoms with Gasteiger partial charge in [-0.2, -0.15) is 0 Å². The average molecular weight is 219 g/mol. The monoisotopic (exact) mass is 219 g/mol. The average Bonchev–Trinajstić information content (AvgIpc) is 2.77. The van der Waals surface area contributed by atoms with Crippen LogP contribution in [0.25, 0.3) is 6.08 Å². The Hall–Kier alpha value is -1.09. The van der Waals surface area contributed by atoms with Crippen molar-refractivity contribution in [2.75, 3.05) is 13.1 Å². The van der Waals surface area contributed by atoms with Crippen molar-refractivity contribution in [1.29, 1.82) is 0 Å². The lowest BCUT2D eigenvalue weighted by Crippen LogP contribution is -2.45. The quantitative estimate of drug-likeness (QED) is 0.676. The Kier molecular flexibility index (Phi) is 2.13. The summed E-state index contributed by atoms with van der Waals surface area (Å²) in [5.74, 6) is 0.669. The van der Waals surface area contributed by atoms with Crippen LogP contribution in [0.15, 0.2) is 23.2 Å². The molecule has 3 aliphatic heterocycles. The van der Waals surface area contributed by atoms with Gasteiger partial charge in [0, 0.05) is 23.9 Å². The first-order valence-electron chi connectivity index (χ1n) is 5.39. The van der Waals surface area contributed by atoms with E-state index in [4.69, 9.17) is 0 Å². The van der Waals surface area contributed by atoms with Crippen LogP contribution in [-0.4, -0.2) is 23.8 Å². The Balaban J connectivity index is 1.95. The Labute approximate surface area is 93.2 Å². The fourth-order valence-corrected chi connectivity index (χ4v) is 3.07. The highest BCUT2D eigenvalue weighted by molar-refractivity contribution is 7.10. The van der Waals surface area contributed by atoms with E-state index in [1.54, 1.807) is 11.3 Å². The third-order valence-corrected chi connectivity index (χ3v) is 4.10. The van der Waals surface area contributed by atoms with E-state index in [1.807, 2.05) is 11.4 Å². The van der Waals surface area contributed by atoms with Crippen LogP contribution in [0.1, 0.15) is 17.7 Å². The predicted molar refractivity (Wildman–Crippen MR) is 61.6 cm³/mol. The summed E-state index contributed by atoms with van der Waals surface area (Å²) in [7, 11) is 0. The topological polar surface area (TPSA) is 20.3 Å². The van der Waals surface area contributed by atoms with E-state index in [2.05, 4.69) is 17.0 Å². The largest absolute Gasteiger partial charge is 0.369 e. The van der Waals surface area contributed by atoms with Crippen molar-refractivity contribution in [2.24, 2.45) is 5.92 Å². The Morgan fingerprint density at radius 3 is 2.80 bits per heavy atom. The molecule has 15 heavy (non-hydrogen) atoms. The number of fused-ring (bicyclic) bond motifs is 3. The molecule has 4 rings (SSSR count). The molecule has 3 heteroatoms. The first-order valence-corrected chi connectivity index (χ1v) is 6.27. The van der Waals surface area contributed by atoms with Crippen molar-refractivity contribution in [1.82, 2.24) is 4.90 Å². The van der Waals surface area contributed by atoms with Gasteiger partial charge in [0.25, 0.3) is 0 Å². The van der Waals surface area contributed by atoms with E-state index in [-0.39, 0.29) is 0 Å². The minimum absolute atomic E-state index is 0.307. The van der Waals surface area contributed by atoms with E-state index in [9.17, 15) is 4.79 Å². The molecule has 0 unspecified atom stereocenters. The summed E-state index contributed by atoms with van der Waals surface area (Å²) in [6.45, 7) is 2.13. The van der Waals surface area contributed by atoms with Gasteiger partial charge in [0.15, 0.2) is 5.78 Å². The smallest absolute Gasteiger partial charge is 0.182 e. The molecule has 0 atom stereocenters. The number of ketones is 1. The van der Waals surface area contributed by atoms with Gasteiger partial charge in [0.05, 0.1) is 5.70 Å². The van der Waals surface area contributed by atoms with Crippen molar-refractivity contribution in [2.45, 2.75) is 12.8 Å². The van der Waals surface area contributed by atoms with Gasteiger partial charge in [-0.1, -0.05) is 6.07 Å². The number of nitrogens with zero attached hydrogens (tertiary/aromatic N) is 1. The van der Waals surface area contributed by atoms with E-state index < -0.39 is 0 Å². The van der Waals surface area contributed by atoms with E-state index in [1.165, 1.54) is 4.88 Å². The van der Waals surface area contributed by atoms with E-state index in [0.29, 0.717) is 11.7 Å². The van der Waals surface area contributed by atoms with Crippen LogP contribution in [0.4, 0.5) is 0 Å². The lowest BCUT2D eigenvalue weighted by Gasteiger charge is -2.41. The van der Waals surface area contributed by atoms with Gasteiger partial charge < -0.3 is 4.90 Å². The molecule has 0 amide bonds. The summed E-state index contributed by atoms with van der Waals surface area (Å²) in [5.41, 5.74) is 0.944. The van der Waals surface area contributed by atoms with Gasteiger partial charge in [-0.3, -0.25) is 4.79 Å². The molecule has 0 aromatic carbocycles. The molecule has 1 aromatic rings. The van der Waals surface area contributed by atoms with Gasteiger partial charge in [0.2, 0.25) is 0 Å². The summed E-state index contributed by atoms with van der Waals surface area (Å²) in [4.78, 5) is 15.4. The van der Waals surface area contributed by atoms with Crippen molar-refractivity contribution in [3.8, 4) is 0 Å². The molecule has 78 valence electrons. The van der Waals surface area contributed by atoms with Gasteiger partial charge in [-0.15, -0.1) is 11.3 Å². The molecule has 3 aliphatic rings. The van der Waals surface area contributed by atoms with Crippen LogP contribution in [0.3, 0.4) is 0 Å². The van der Waals surface area contributed by atoms with Gasteiger partial charge in [-0.05, 0) is 30.4 Å². The second-order valence-electron chi connectivity index (χ2n) is 4.17. The number of hydrogen-bond acceptors (Lipinski definition) is 3.